The fourth-order valence-corrected chi connectivity index (χ4v) is 9.81. The predicted octanol–water partition coefficient (Wildman–Crippen LogP) is -2.34. The maximum Gasteiger partial charge on any atom is 0.407 e. The summed E-state index contributed by atoms with van der Waals surface area (Å²) in [6, 6.07) is 3.98. The second-order valence-corrected chi connectivity index (χ2v) is 24.7. The number of nitrogens with one attached hydrogen (secondary N) is 12. The zero-order valence-corrected chi connectivity index (χ0v) is 56.4. The van der Waals surface area contributed by atoms with E-state index in [1.165, 1.54) is 52.5 Å². The van der Waals surface area contributed by atoms with Gasteiger partial charge in [0.05, 0.1) is 0 Å². The molecule has 35 nitrogen and oxygen atoms in total. The first-order valence-corrected chi connectivity index (χ1v) is 32.3. The highest BCUT2D eigenvalue weighted by atomic mass is 16.6. The van der Waals surface area contributed by atoms with Crippen LogP contribution in [0.1, 0.15) is 126 Å². The zero-order valence-electron chi connectivity index (χ0n) is 56.4. The monoisotopic (exact) mass is 1380 g/mol. The van der Waals surface area contributed by atoms with Crippen molar-refractivity contribution in [1.29, 1.82) is 0 Å². The molecule has 0 fully saturated rings. The molecular formula is C64H88N16O19. The zero-order chi connectivity index (χ0) is 72.9. The first-order valence-electron chi connectivity index (χ1n) is 32.3. The van der Waals surface area contributed by atoms with Gasteiger partial charge in [-0.05, 0) is 131 Å². The van der Waals surface area contributed by atoms with Crippen LogP contribution in [0.15, 0.2) is 93.5 Å². The molecule has 35 heteroatoms. The summed E-state index contributed by atoms with van der Waals surface area (Å²) >= 11 is 0. The largest absolute Gasteiger partial charge is 0.459 e. The van der Waals surface area contributed by atoms with Gasteiger partial charge in [0.25, 0.3) is 22.2 Å². The number of benzene rings is 1. The molecule has 0 aliphatic rings. The van der Waals surface area contributed by atoms with Crippen LogP contribution in [0.25, 0.3) is 0 Å². The molecule has 5 aromatic rings. The lowest BCUT2D eigenvalue weighted by Gasteiger charge is -2.21. The van der Waals surface area contributed by atoms with Crippen LogP contribution >= 0.6 is 0 Å². The Morgan fingerprint density at radius 2 is 0.687 bits per heavy atom. The molecule has 4 atom stereocenters. The Morgan fingerprint density at radius 1 is 0.404 bits per heavy atom. The number of alkyl carbamates (subject to hydrolysis) is 1. The van der Waals surface area contributed by atoms with Gasteiger partial charge in [-0.15, -0.1) is 0 Å². The standard InChI is InChI=1S/C64H88N16O19/c1-38-29-77(59(93)73-51(38)85)33-47(81)69-43(21-11-16-26-66-57(91)45(23-13-18-28-68-63(97)99-64(5,6)7)71-49(83)35-79-31-40(3)53(87)75-61(79)95)55(89)65-25-15-12-22-44(70-48(82)34-78-30-39(2)52(86)74-60(78)94)56(90)67-27-17-14-24-46(58(92)98-37-42-19-9-8-10-20-42)72-50(84)36-80-32-41(4)54(88)76-62(80)96/h8-10,19-20,29-32,43-46H,11-18,21-28,33-37H2,1-7H3,(H,65,89)(H,66,91)(H,67,90)(H,68,97)(H,69,81)(H,70,82)(H,71,83)(H,72,84)(H,73,85,93)(H,74,86,94)(H,75,87,95)(H,76,88,96)/t43-,44-,45-,46-/m1/s1. The minimum Gasteiger partial charge on any atom is -0.459 e. The molecule has 0 spiro atoms. The van der Waals surface area contributed by atoms with Gasteiger partial charge in [0.1, 0.15) is 62.6 Å². The number of rotatable bonds is 38. The topological polar surface area (TPSA) is 488 Å². The van der Waals surface area contributed by atoms with Crippen LogP contribution in [0.4, 0.5) is 4.79 Å². The highest BCUT2D eigenvalue weighted by Crippen LogP contribution is 2.11. The van der Waals surface area contributed by atoms with E-state index < -0.39 is 154 Å². The molecule has 0 saturated heterocycles. The molecule has 0 bridgehead atoms. The van der Waals surface area contributed by atoms with Crippen molar-refractivity contribution >= 4 is 53.4 Å². The SMILES string of the molecule is Cc1cn(CC(=O)N[C@H](CCCCNC(=O)OC(C)(C)C)C(=O)NCCCC[C@@H](NC(=O)Cn2cc(C)c(=O)[nH]c2=O)C(=O)NCCCC[C@@H](NC(=O)Cn2cc(C)c(=O)[nH]c2=O)C(=O)NCCCC[C@@H](NC(=O)Cn2cc(C)c(=O)[nH]c2=O)C(=O)OCc2ccccc2)c(=O)[nH]c1=O. The number of carbonyl (C=O) groups is 9. The van der Waals surface area contributed by atoms with Gasteiger partial charge in [0, 0.05) is 73.2 Å². The van der Waals surface area contributed by atoms with Crippen LogP contribution in [0.5, 0.6) is 0 Å². The van der Waals surface area contributed by atoms with Crippen LogP contribution in [0.3, 0.4) is 0 Å². The van der Waals surface area contributed by atoms with Gasteiger partial charge in [-0.3, -0.25) is 90.9 Å². The number of ether oxygens (including phenoxy) is 2. The molecule has 5 rings (SSSR count). The molecule has 0 unspecified atom stereocenters. The van der Waals surface area contributed by atoms with E-state index in [0.29, 0.717) is 18.4 Å². The lowest BCUT2D eigenvalue weighted by Crippen LogP contribution is -2.49. The Labute approximate surface area is 565 Å². The normalized spacial score (nSPS) is 12.4. The molecule has 0 radical (unpaired) electrons. The average Bonchev–Trinajstić information content (AvgIpc) is 0.875. The smallest absolute Gasteiger partial charge is 0.407 e. The van der Waals surface area contributed by atoms with Gasteiger partial charge < -0.3 is 52.0 Å². The minimum absolute atomic E-state index is 0.00301. The summed E-state index contributed by atoms with van der Waals surface area (Å²) in [5.74, 6) is -5.70. The Bertz CT molecular complexity index is 4170. The van der Waals surface area contributed by atoms with Crippen molar-refractivity contribution in [3.05, 3.63) is 166 Å². The number of aromatic amines is 4. The second kappa shape index (κ2) is 38.6. The summed E-state index contributed by atoms with van der Waals surface area (Å²) in [6.45, 7) is 8.71. The third-order valence-corrected chi connectivity index (χ3v) is 15.1. The van der Waals surface area contributed by atoms with E-state index in [2.05, 4.69) is 62.5 Å². The first-order chi connectivity index (χ1) is 46.8. The lowest BCUT2D eigenvalue weighted by atomic mass is 10.1. The third kappa shape index (κ3) is 27.5. The van der Waals surface area contributed by atoms with Crippen molar-refractivity contribution in [2.24, 2.45) is 0 Å². The van der Waals surface area contributed by atoms with Gasteiger partial charge in [0.2, 0.25) is 41.4 Å². The summed E-state index contributed by atoms with van der Waals surface area (Å²) in [7, 11) is 0. The molecule has 0 aliphatic heterocycles. The van der Waals surface area contributed by atoms with Gasteiger partial charge >= 0.3 is 34.8 Å². The highest BCUT2D eigenvalue weighted by Gasteiger charge is 2.27. The summed E-state index contributed by atoms with van der Waals surface area (Å²) in [4.78, 5) is 227. The fourth-order valence-electron chi connectivity index (χ4n) is 9.81. The Kier molecular flexibility index (Phi) is 30.7. The Morgan fingerprint density at radius 3 is 0.990 bits per heavy atom. The highest BCUT2D eigenvalue weighted by molar-refractivity contribution is 5.89. The Hall–Kier alpha value is -11.0. The van der Waals surface area contributed by atoms with Crippen LogP contribution in [0.2, 0.25) is 0 Å². The summed E-state index contributed by atoms with van der Waals surface area (Å²) in [6.07, 6.45) is 6.25. The van der Waals surface area contributed by atoms with Crippen molar-refractivity contribution < 1.29 is 52.6 Å². The summed E-state index contributed by atoms with van der Waals surface area (Å²) in [5.41, 5.74) is -5.45. The van der Waals surface area contributed by atoms with Gasteiger partial charge in [0.15, 0.2) is 0 Å². The second-order valence-electron chi connectivity index (χ2n) is 24.7. The van der Waals surface area contributed by atoms with E-state index in [0.717, 1.165) is 18.3 Å². The number of aryl methyl sites for hydroxylation is 4. The van der Waals surface area contributed by atoms with Gasteiger partial charge in [-0.25, -0.2) is 28.8 Å². The van der Waals surface area contributed by atoms with Crippen LogP contribution in [-0.4, -0.2) is 148 Å². The van der Waals surface area contributed by atoms with Gasteiger partial charge in [-0.2, -0.15) is 0 Å². The number of hydrogen-bond acceptors (Lipinski definition) is 19. The maximum atomic E-state index is 13.9. The fraction of sp³-hybridized carbons (Fsp3) is 0.516. The molecule has 0 saturated carbocycles. The van der Waals surface area contributed by atoms with Crippen LogP contribution < -0.4 is 87.5 Å². The number of esters is 1. The van der Waals surface area contributed by atoms with E-state index in [9.17, 15) is 81.5 Å². The van der Waals surface area contributed by atoms with Crippen molar-refractivity contribution in [1.82, 2.24) is 80.7 Å². The molecule has 12 N–H and O–H groups in total. The number of carbonyl (C=O) groups excluding carboxylic acids is 9. The Balaban J connectivity index is 1.22. The van der Waals surface area contributed by atoms with Crippen molar-refractivity contribution in [3.63, 3.8) is 0 Å². The number of amides is 8. The van der Waals surface area contributed by atoms with Gasteiger partial charge in [-0.1, -0.05) is 30.3 Å². The number of nitrogens with zero attached hydrogens (tertiary/aromatic N) is 4. The van der Waals surface area contributed by atoms with E-state index in [4.69, 9.17) is 9.47 Å². The number of hydrogen-bond donors (Lipinski definition) is 12. The van der Waals surface area contributed by atoms with Crippen molar-refractivity contribution in [2.75, 3.05) is 26.2 Å². The lowest BCUT2D eigenvalue weighted by molar-refractivity contribution is -0.149. The number of aromatic nitrogens is 8. The summed E-state index contributed by atoms with van der Waals surface area (Å²) < 4.78 is 14.6. The average molecular weight is 1390 g/mol. The molecule has 4 aromatic heterocycles. The van der Waals surface area contributed by atoms with Crippen molar-refractivity contribution in [3.8, 4) is 0 Å². The molecule has 0 aliphatic carbocycles. The molecular weight excluding hydrogens is 1300 g/mol. The minimum atomic E-state index is -1.23. The maximum absolute atomic E-state index is 13.9. The van der Waals surface area contributed by atoms with Crippen LogP contribution in [-0.2, 0) is 80.6 Å². The van der Waals surface area contributed by atoms with E-state index >= 15 is 0 Å². The third-order valence-electron chi connectivity index (χ3n) is 15.1. The van der Waals surface area contributed by atoms with E-state index in [1.807, 2.05) is 0 Å². The van der Waals surface area contributed by atoms with E-state index in [-0.39, 0.29) is 119 Å². The molecule has 1 aromatic carbocycles. The molecule has 8 amide bonds. The number of H-pyrrole nitrogens is 4. The van der Waals surface area contributed by atoms with Crippen molar-refractivity contribution in [2.45, 2.75) is 188 Å². The number of unbranched alkanes of at least 4 members (excludes halogenated alkanes) is 4. The predicted molar refractivity (Wildman–Crippen MR) is 357 cm³/mol. The molecule has 4 heterocycles. The van der Waals surface area contributed by atoms with Crippen LogP contribution in [0, 0.1) is 27.7 Å². The molecule has 99 heavy (non-hydrogen) atoms. The summed E-state index contributed by atoms with van der Waals surface area (Å²) in [5, 5.41) is 21.4. The molecule has 538 valence electrons. The van der Waals surface area contributed by atoms with E-state index in [1.54, 1.807) is 51.1 Å². The first kappa shape index (κ1) is 78.7. The quantitative estimate of drug-likeness (QED) is 0.0145.